The van der Waals surface area contributed by atoms with Crippen LogP contribution < -0.4 is 9.62 Å². The first-order chi connectivity index (χ1) is 11.0. The second-order valence-corrected chi connectivity index (χ2v) is 6.83. The minimum atomic E-state index is -3.64. The third-order valence-electron chi connectivity index (χ3n) is 3.58. The number of hydrogen-bond acceptors (Lipinski definition) is 4. The fraction of sp³-hybridized carbons (Fsp3) is 0.188. The van der Waals surface area contributed by atoms with Crippen LogP contribution in [0.3, 0.4) is 0 Å². The molecule has 3 rings (SSSR count). The van der Waals surface area contributed by atoms with E-state index in [-0.39, 0.29) is 4.90 Å². The lowest BCUT2D eigenvalue weighted by molar-refractivity contribution is 0.181. The van der Waals surface area contributed by atoms with Crippen molar-refractivity contribution in [2.24, 2.45) is 0 Å². The van der Waals surface area contributed by atoms with Gasteiger partial charge >= 0.3 is 6.09 Å². The number of rotatable bonds is 4. The number of nitrogens with one attached hydrogen (secondary N) is 1. The average molecular weight is 332 g/mol. The Morgan fingerprint density at radius 1 is 1.09 bits per heavy atom. The number of cyclic esters (lactones) is 1. The lowest BCUT2D eigenvalue weighted by Gasteiger charge is -2.14. The van der Waals surface area contributed by atoms with Crippen LogP contribution in [-0.2, 0) is 14.8 Å². The Morgan fingerprint density at radius 3 is 2.39 bits per heavy atom. The van der Waals surface area contributed by atoms with E-state index in [4.69, 9.17) is 4.74 Å². The van der Waals surface area contributed by atoms with Gasteiger partial charge in [-0.15, -0.1) is 0 Å². The smallest absolute Gasteiger partial charge is 0.414 e. The number of sulfonamides is 1. The Hall–Kier alpha value is -2.54. The van der Waals surface area contributed by atoms with Gasteiger partial charge in [-0.3, -0.25) is 9.62 Å². The van der Waals surface area contributed by atoms with E-state index in [0.29, 0.717) is 30.1 Å². The Balaban J connectivity index is 1.81. The fourth-order valence-electron chi connectivity index (χ4n) is 2.41. The highest BCUT2D eigenvalue weighted by molar-refractivity contribution is 7.92. The summed E-state index contributed by atoms with van der Waals surface area (Å²) in [5.41, 5.74) is 1.78. The number of hydrogen-bond donors (Lipinski definition) is 1. The SMILES string of the molecule is Cc1ccccc1S(=O)(=O)Nc1ccc(N2CCOC2=O)cc1. The van der Waals surface area contributed by atoms with Crippen LogP contribution in [-0.4, -0.2) is 27.7 Å². The molecule has 2 aromatic carbocycles. The molecular formula is C16H16N2O4S. The predicted molar refractivity (Wildman–Crippen MR) is 87.1 cm³/mol. The highest BCUT2D eigenvalue weighted by Gasteiger charge is 2.23. The lowest BCUT2D eigenvalue weighted by Crippen LogP contribution is -2.23. The molecule has 1 amide bonds. The molecule has 7 heteroatoms. The average Bonchev–Trinajstić information content (AvgIpc) is 2.94. The molecule has 0 radical (unpaired) electrons. The van der Waals surface area contributed by atoms with Crippen LogP contribution in [0.4, 0.5) is 16.2 Å². The summed E-state index contributed by atoms with van der Waals surface area (Å²) in [5, 5.41) is 0. The summed E-state index contributed by atoms with van der Waals surface area (Å²) in [6, 6.07) is 13.4. The maximum absolute atomic E-state index is 12.4. The second-order valence-electron chi connectivity index (χ2n) is 5.18. The van der Waals surface area contributed by atoms with Crippen LogP contribution in [0.1, 0.15) is 5.56 Å². The fourth-order valence-corrected chi connectivity index (χ4v) is 3.71. The van der Waals surface area contributed by atoms with Gasteiger partial charge in [0.1, 0.15) is 6.61 Å². The first kappa shape index (κ1) is 15.4. The summed E-state index contributed by atoms with van der Waals surface area (Å²) in [6.45, 7) is 2.60. The van der Waals surface area contributed by atoms with Gasteiger partial charge in [0, 0.05) is 11.4 Å². The Labute approximate surface area is 134 Å². The van der Waals surface area contributed by atoms with Crippen LogP contribution in [0.25, 0.3) is 0 Å². The van der Waals surface area contributed by atoms with Gasteiger partial charge in [-0.2, -0.15) is 0 Å². The van der Waals surface area contributed by atoms with Crippen molar-refractivity contribution < 1.29 is 17.9 Å². The van der Waals surface area contributed by atoms with Crippen molar-refractivity contribution in [2.75, 3.05) is 22.8 Å². The zero-order chi connectivity index (χ0) is 16.4. The minimum Gasteiger partial charge on any atom is -0.447 e. The molecule has 1 aliphatic rings. The number of benzene rings is 2. The first-order valence-corrected chi connectivity index (χ1v) is 8.58. The maximum atomic E-state index is 12.4. The minimum absolute atomic E-state index is 0.243. The third-order valence-corrected chi connectivity index (χ3v) is 5.12. The molecule has 0 atom stereocenters. The van der Waals surface area contributed by atoms with Crippen molar-refractivity contribution in [1.82, 2.24) is 0 Å². The molecule has 0 aliphatic carbocycles. The number of nitrogens with zero attached hydrogens (tertiary/aromatic N) is 1. The summed E-state index contributed by atoms with van der Waals surface area (Å²) in [6.07, 6.45) is -0.391. The highest BCUT2D eigenvalue weighted by atomic mass is 32.2. The van der Waals surface area contributed by atoms with Crippen molar-refractivity contribution in [2.45, 2.75) is 11.8 Å². The van der Waals surface area contributed by atoms with E-state index in [1.54, 1.807) is 55.5 Å². The standard InChI is InChI=1S/C16H16N2O4S/c1-12-4-2-3-5-15(12)23(20,21)17-13-6-8-14(9-7-13)18-10-11-22-16(18)19/h2-9,17H,10-11H2,1H3. The molecule has 23 heavy (non-hydrogen) atoms. The van der Waals surface area contributed by atoms with Crippen LogP contribution in [0.5, 0.6) is 0 Å². The largest absolute Gasteiger partial charge is 0.447 e. The van der Waals surface area contributed by atoms with Crippen molar-refractivity contribution in [3.63, 3.8) is 0 Å². The van der Waals surface area contributed by atoms with E-state index in [2.05, 4.69) is 4.72 Å². The highest BCUT2D eigenvalue weighted by Crippen LogP contribution is 2.23. The van der Waals surface area contributed by atoms with E-state index in [0.717, 1.165) is 0 Å². The molecule has 0 aromatic heterocycles. The molecule has 1 aliphatic heterocycles. The molecule has 2 aromatic rings. The molecule has 0 spiro atoms. The predicted octanol–water partition coefficient (Wildman–Crippen LogP) is 2.75. The van der Waals surface area contributed by atoms with Crippen molar-refractivity contribution in [1.29, 1.82) is 0 Å². The summed E-state index contributed by atoms with van der Waals surface area (Å²) >= 11 is 0. The summed E-state index contributed by atoms with van der Waals surface area (Å²) in [7, 11) is -3.64. The van der Waals surface area contributed by atoms with E-state index >= 15 is 0 Å². The Bertz CT molecular complexity index is 831. The van der Waals surface area contributed by atoms with Crippen molar-refractivity contribution >= 4 is 27.5 Å². The molecule has 1 fully saturated rings. The quantitative estimate of drug-likeness (QED) is 0.934. The third kappa shape index (κ3) is 3.14. The van der Waals surface area contributed by atoms with Gasteiger partial charge in [0.2, 0.25) is 0 Å². The number of carbonyl (C=O) groups excluding carboxylic acids is 1. The number of aryl methyl sites for hydroxylation is 1. The van der Waals surface area contributed by atoms with Gasteiger partial charge in [-0.25, -0.2) is 13.2 Å². The van der Waals surface area contributed by atoms with Gasteiger partial charge in [0.05, 0.1) is 11.4 Å². The zero-order valence-corrected chi connectivity index (χ0v) is 13.3. The van der Waals surface area contributed by atoms with Gasteiger partial charge in [0.15, 0.2) is 0 Å². The molecule has 0 bridgehead atoms. The van der Waals surface area contributed by atoms with Crippen molar-refractivity contribution in [3.8, 4) is 0 Å². The van der Waals surface area contributed by atoms with E-state index < -0.39 is 16.1 Å². The molecule has 1 heterocycles. The molecule has 120 valence electrons. The molecule has 1 N–H and O–H groups in total. The molecule has 0 saturated carbocycles. The summed E-state index contributed by atoms with van der Waals surface area (Å²) < 4.78 is 32.3. The number of anilines is 2. The molecular weight excluding hydrogens is 316 g/mol. The van der Waals surface area contributed by atoms with E-state index in [9.17, 15) is 13.2 Å². The van der Waals surface area contributed by atoms with Crippen LogP contribution in [0.15, 0.2) is 53.4 Å². The monoisotopic (exact) mass is 332 g/mol. The lowest BCUT2D eigenvalue weighted by atomic mass is 10.2. The molecule has 0 unspecified atom stereocenters. The van der Waals surface area contributed by atoms with E-state index in [1.165, 1.54) is 4.90 Å². The van der Waals surface area contributed by atoms with Crippen LogP contribution in [0.2, 0.25) is 0 Å². The van der Waals surface area contributed by atoms with Gasteiger partial charge in [-0.05, 0) is 42.8 Å². The maximum Gasteiger partial charge on any atom is 0.414 e. The Kier molecular flexibility index (Phi) is 3.96. The van der Waals surface area contributed by atoms with E-state index in [1.807, 2.05) is 0 Å². The van der Waals surface area contributed by atoms with Crippen LogP contribution in [0, 0.1) is 6.92 Å². The summed E-state index contributed by atoms with van der Waals surface area (Å²) in [4.78, 5) is 13.2. The number of carbonyl (C=O) groups is 1. The zero-order valence-electron chi connectivity index (χ0n) is 12.5. The second kappa shape index (κ2) is 5.92. The first-order valence-electron chi connectivity index (χ1n) is 7.10. The molecule has 6 nitrogen and oxygen atoms in total. The van der Waals surface area contributed by atoms with Crippen molar-refractivity contribution in [3.05, 3.63) is 54.1 Å². The number of ether oxygens (including phenoxy) is 1. The van der Waals surface area contributed by atoms with Crippen LogP contribution >= 0.6 is 0 Å². The number of amides is 1. The van der Waals surface area contributed by atoms with Gasteiger partial charge in [0.25, 0.3) is 10.0 Å². The molecule has 1 saturated heterocycles. The Morgan fingerprint density at radius 2 is 1.78 bits per heavy atom. The summed E-state index contributed by atoms with van der Waals surface area (Å²) in [5.74, 6) is 0. The normalized spacial score (nSPS) is 14.7. The van der Waals surface area contributed by atoms with Gasteiger partial charge < -0.3 is 4.74 Å². The topological polar surface area (TPSA) is 75.7 Å². The van der Waals surface area contributed by atoms with Gasteiger partial charge in [-0.1, -0.05) is 18.2 Å².